The van der Waals surface area contributed by atoms with Gasteiger partial charge in [0.15, 0.2) is 0 Å². The van der Waals surface area contributed by atoms with Crippen LogP contribution in [0.5, 0.6) is 0 Å². The summed E-state index contributed by atoms with van der Waals surface area (Å²) >= 11 is 0. The molecule has 0 aliphatic rings. The molecule has 0 bridgehead atoms. The van der Waals surface area contributed by atoms with Crippen LogP contribution < -0.4 is 5.32 Å². The highest BCUT2D eigenvalue weighted by molar-refractivity contribution is 5.70. The van der Waals surface area contributed by atoms with Gasteiger partial charge in [-0.1, -0.05) is 0 Å². The summed E-state index contributed by atoms with van der Waals surface area (Å²) in [4.78, 5) is 17.5. The van der Waals surface area contributed by atoms with Crippen LogP contribution in [0, 0.1) is 12.7 Å². The monoisotopic (exact) mass is 233 g/mol. The Labute approximate surface area is 98.5 Å². The number of nitrogens with zero attached hydrogens (tertiary/aromatic N) is 2. The second-order valence-electron chi connectivity index (χ2n) is 3.12. The minimum atomic E-state index is -0.309. The lowest BCUT2D eigenvalue weighted by Gasteiger charge is -1.94. The number of amides is 1. The van der Waals surface area contributed by atoms with Crippen molar-refractivity contribution in [3.63, 3.8) is 0 Å². The Bertz CT molecular complexity index is 445. The number of anilines is 1. The SMILES string of the molecule is Cc1ccncn1.O=CNc1ccc(F)cc1. The molecule has 5 heteroatoms. The molecule has 0 saturated heterocycles. The molecule has 1 aromatic carbocycles. The number of nitrogens with one attached hydrogen (secondary N) is 1. The predicted molar refractivity (Wildman–Crippen MR) is 62.9 cm³/mol. The minimum absolute atomic E-state index is 0.309. The normalized spacial score (nSPS) is 8.82. The number of hydrogen-bond donors (Lipinski definition) is 1. The van der Waals surface area contributed by atoms with E-state index in [1.807, 2.05) is 13.0 Å². The van der Waals surface area contributed by atoms with Gasteiger partial charge in [-0.3, -0.25) is 4.79 Å². The lowest BCUT2D eigenvalue weighted by Crippen LogP contribution is -1.92. The van der Waals surface area contributed by atoms with Crippen LogP contribution >= 0.6 is 0 Å². The van der Waals surface area contributed by atoms with E-state index in [1.165, 1.54) is 30.6 Å². The minimum Gasteiger partial charge on any atom is -0.329 e. The molecule has 2 rings (SSSR count). The van der Waals surface area contributed by atoms with Gasteiger partial charge in [-0.2, -0.15) is 0 Å². The number of carbonyl (C=O) groups is 1. The van der Waals surface area contributed by atoms with Crippen LogP contribution in [0.1, 0.15) is 5.69 Å². The van der Waals surface area contributed by atoms with E-state index in [2.05, 4.69) is 15.3 Å². The van der Waals surface area contributed by atoms with Crippen LogP contribution in [0.25, 0.3) is 0 Å². The molecule has 2 aromatic rings. The molecule has 17 heavy (non-hydrogen) atoms. The zero-order valence-corrected chi connectivity index (χ0v) is 9.30. The van der Waals surface area contributed by atoms with Gasteiger partial charge in [-0.05, 0) is 37.3 Å². The molecule has 1 heterocycles. The van der Waals surface area contributed by atoms with Gasteiger partial charge >= 0.3 is 0 Å². The van der Waals surface area contributed by atoms with Gasteiger partial charge in [0.25, 0.3) is 0 Å². The van der Waals surface area contributed by atoms with Crippen molar-refractivity contribution in [2.75, 3.05) is 5.32 Å². The third-order valence-corrected chi connectivity index (χ3v) is 1.80. The molecule has 1 N–H and O–H groups in total. The number of aromatic nitrogens is 2. The second-order valence-corrected chi connectivity index (χ2v) is 3.12. The van der Waals surface area contributed by atoms with Gasteiger partial charge in [0.2, 0.25) is 6.41 Å². The number of rotatable bonds is 2. The third-order valence-electron chi connectivity index (χ3n) is 1.80. The molecule has 0 radical (unpaired) electrons. The molecular weight excluding hydrogens is 221 g/mol. The van der Waals surface area contributed by atoms with Crippen LogP contribution in [0.15, 0.2) is 42.9 Å². The van der Waals surface area contributed by atoms with Crippen LogP contribution in [0.2, 0.25) is 0 Å². The highest BCUT2D eigenvalue weighted by atomic mass is 19.1. The van der Waals surface area contributed by atoms with Gasteiger partial charge < -0.3 is 5.32 Å². The molecule has 4 nitrogen and oxygen atoms in total. The number of carbonyl (C=O) groups excluding carboxylic acids is 1. The van der Waals surface area contributed by atoms with Crippen molar-refractivity contribution in [2.45, 2.75) is 6.92 Å². The fourth-order valence-corrected chi connectivity index (χ4v) is 0.971. The maximum atomic E-state index is 12.2. The second kappa shape index (κ2) is 7.05. The molecule has 0 spiro atoms. The van der Waals surface area contributed by atoms with Crippen molar-refractivity contribution < 1.29 is 9.18 Å². The molecule has 0 fully saturated rings. The van der Waals surface area contributed by atoms with Crippen LogP contribution in [0.4, 0.5) is 10.1 Å². The summed E-state index contributed by atoms with van der Waals surface area (Å²) in [7, 11) is 0. The summed E-state index contributed by atoms with van der Waals surface area (Å²) in [6, 6.07) is 7.41. The lowest BCUT2D eigenvalue weighted by atomic mass is 10.3. The van der Waals surface area contributed by atoms with E-state index < -0.39 is 0 Å². The van der Waals surface area contributed by atoms with Gasteiger partial charge in [0.05, 0.1) is 0 Å². The Hall–Kier alpha value is -2.30. The molecule has 88 valence electrons. The van der Waals surface area contributed by atoms with Crippen LogP contribution in [-0.4, -0.2) is 16.4 Å². The highest BCUT2D eigenvalue weighted by Crippen LogP contribution is 2.06. The van der Waals surface area contributed by atoms with Crippen molar-refractivity contribution >= 4 is 12.1 Å². The molecule has 0 aliphatic heterocycles. The quantitative estimate of drug-likeness (QED) is 0.809. The molecule has 0 unspecified atom stereocenters. The van der Waals surface area contributed by atoms with Crippen molar-refractivity contribution in [3.8, 4) is 0 Å². The number of halogens is 1. The summed E-state index contributed by atoms with van der Waals surface area (Å²) in [5, 5.41) is 2.39. The Kier molecular flexibility index (Phi) is 5.30. The van der Waals surface area contributed by atoms with Gasteiger partial charge in [0, 0.05) is 17.6 Å². The average molecular weight is 233 g/mol. The third kappa shape index (κ3) is 5.36. The fourth-order valence-electron chi connectivity index (χ4n) is 0.971. The fraction of sp³-hybridized carbons (Fsp3) is 0.0833. The molecule has 0 aliphatic carbocycles. The van der Waals surface area contributed by atoms with Crippen LogP contribution in [0.3, 0.4) is 0 Å². The van der Waals surface area contributed by atoms with Crippen LogP contribution in [-0.2, 0) is 4.79 Å². The van der Waals surface area contributed by atoms with Gasteiger partial charge in [-0.25, -0.2) is 14.4 Å². The van der Waals surface area contributed by atoms with Crippen molar-refractivity contribution in [1.82, 2.24) is 9.97 Å². The summed E-state index contributed by atoms with van der Waals surface area (Å²) in [5.41, 5.74) is 1.60. The van der Waals surface area contributed by atoms with E-state index in [4.69, 9.17) is 0 Å². The molecular formula is C12H12FN3O. The first-order chi connectivity index (χ1) is 8.22. The highest BCUT2D eigenvalue weighted by Gasteiger charge is 1.88. The van der Waals surface area contributed by atoms with Crippen molar-refractivity contribution in [3.05, 3.63) is 54.4 Å². The maximum absolute atomic E-state index is 12.2. The summed E-state index contributed by atoms with van der Waals surface area (Å²) in [6.45, 7) is 1.93. The predicted octanol–water partition coefficient (Wildman–Crippen LogP) is 2.18. The van der Waals surface area contributed by atoms with Crippen molar-refractivity contribution in [2.24, 2.45) is 0 Å². The Balaban J connectivity index is 0.000000181. The lowest BCUT2D eigenvalue weighted by molar-refractivity contribution is -0.105. The van der Waals surface area contributed by atoms with E-state index in [-0.39, 0.29) is 5.82 Å². The topological polar surface area (TPSA) is 54.9 Å². The largest absolute Gasteiger partial charge is 0.329 e. The Morgan fingerprint density at radius 2 is 1.94 bits per heavy atom. The van der Waals surface area contributed by atoms with E-state index >= 15 is 0 Å². The first-order valence-corrected chi connectivity index (χ1v) is 4.90. The Morgan fingerprint density at radius 3 is 2.35 bits per heavy atom. The summed E-state index contributed by atoms with van der Waals surface area (Å²) in [6.07, 6.45) is 3.81. The van der Waals surface area contributed by atoms with Crippen molar-refractivity contribution in [1.29, 1.82) is 0 Å². The van der Waals surface area contributed by atoms with E-state index in [1.54, 1.807) is 6.20 Å². The van der Waals surface area contributed by atoms with E-state index in [0.29, 0.717) is 12.1 Å². The number of aryl methyl sites for hydroxylation is 1. The maximum Gasteiger partial charge on any atom is 0.211 e. The molecule has 0 saturated carbocycles. The first-order valence-electron chi connectivity index (χ1n) is 4.90. The van der Waals surface area contributed by atoms with E-state index in [0.717, 1.165) is 5.69 Å². The molecule has 1 aromatic heterocycles. The zero-order chi connectivity index (χ0) is 12.5. The number of benzene rings is 1. The standard InChI is InChI=1S/C7H6FNO.C5H6N2/c8-6-1-3-7(4-2-6)9-5-10;1-5-2-3-6-4-7-5/h1-5H,(H,9,10);2-4H,1H3. The smallest absolute Gasteiger partial charge is 0.211 e. The average Bonchev–Trinajstić information content (AvgIpc) is 2.34. The summed E-state index contributed by atoms with van der Waals surface area (Å²) in [5.74, 6) is -0.309. The molecule has 1 amide bonds. The number of hydrogen-bond acceptors (Lipinski definition) is 3. The first kappa shape index (κ1) is 12.8. The molecule has 0 atom stereocenters. The zero-order valence-electron chi connectivity index (χ0n) is 9.30. The van der Waals surface area contributed by atoms with Gasteiger partial charge in [0.1, 0.15) is 12.1 Å². The van der Waals surface area contributed by atoms with E-state index in [9.17, 15) is 9.18 Å². The van der Waals surface area contributed by atoms with Gasteiger partial charge in [-0.15, -0.1) is 0 Å². The summed E-state index contributed by atoms with van der Waals surface area (Å²) < 4.78 is 12.2. The Morgan fingerprint density at radius 1 is 1.24 bits per heavy atom.